The maximum Gasteiger partial charge on any atom is 0.317 e. The SMILES string of the molecule is CC(C)CNC(=O)N1C[C@@H](C(=O)N2CCCCC2)C2(CCOCC2)C1. The van der Waals surface area contributed by atoms with Gasteiger partial charge in [-0.1, -0.05) is 13.8 Å². The molecule has 3 saturated heterocycles. The van der Waals surface area contributed by atoms with Gasteiger partial charge < -0.3 is 19.9 Å². The Labute approximate surface area is 151 Å². The lowest BCUT2D eigenvalue weighted by molar-refractivity contribution is -0.141. The summed E-state index contributed by atoms with van der Waals surface area (Å²) in [6.45, 7) is 9.25. The van der Waals surface area contributed by atoms with Crippen molar-refractivity contribution in [2.75, 3.05) is 45.9 Å². The number of nitrogens with one attached hydrogen (secondary N) is 1. The lowest BCUT2D eigenvalue weighted by Crippen LogP contribution is -2.47. The number of rotatable bonds is 3. The fourth-order valence-corrected chi connectivity index (χ4v) is 4.49. The third-order valence-corrected chi connectivity index (χ3v) is 6.05. The van der Waals surface area contributed by atoms with Crippen LogP contribution in [0.25, 0.3) is 0 Å². The molecule has 3 aliphatic rings. The molecular weight excluding hydrogens is 318 g/mol. The summed E-state index contributed by atoms with van der Waals surface area (Å²) < 4.78 is 5.56. The fraction of sp³-hybridized carbons (Fsp3) is 0.895. The number of ether oxygens (including phenoxy) is 1. The second-order valence-corrected chi connectivity index (χ2v) is 8.37. The molecule has 3 aliphatic heterocycles. The predicted molar refractivity (Wildman–Crippen MR) is 96.2 cm³/mol. The van der Waals surface area contributed by atoms with Crippen molar-refractivity contribution in [2.45, 2.75) is 46.0 Å². The molecule has 0 radical (unpaired) electrons. The number of amides is 3. The van der Waals surface area contributed by atoms with Crippen molar-refractivity contribution in [3.8, 4) is 0 Å². The zero-order valence-corrected chi connectivity index (χ0v) is 15.8. The van der Waals surface area contributed by atoms with Gasteiger partial charge in [-0.2, -0.15) is 0 Å². The molecule has 0 aromatic heterocycles. The lowest BCUT2D eigenvalue weighted by Gasteiger charge is -2.39. The molecule has 0 aromatic carbocycles. The Balaban J connectivity index is 1.72. The molecule has 0 aliphatic carbocycles. The minimum Gasteiger partial charge on any atom is -0.381 e. The fourth-order valence-electron chi connectivity index (χ4n) is 4.49. The highest BCUT2D eigenvalue weighted by atomic mass is 16.5. The zero-order chi connectivity index (χ0) is 17.9. The van der Waals surface area contributed by atoms with Crippen molar-refractivity contribution >= 4 is 11.9 Å². The maximum atomic E-state index is 13.2. The number of carbonyl (C=O) groups is 2. The number of piperidine rings is 1. The van der Waals surface area contributed by atoms with Gasteiger partial charge in [0.25, 0.3) is 0 Å². The van der Waals surface area contributed by atoms with Gasteiger partial charge in [-0.3, -0.25) is 4.79 Å². The van der Waals surface area contributed by atoms with Crippen LogP contribution in [0.3, 0.4) is 0 Å². The van der Waals surface area contributed by atoms with Crippen LogP contribution in [-0.2, 0) is 9.53 Å². The molecule has 0 aromatic rings. The number of likely N-dealkylation sites (tertiary alicyclic amines) is 2. The number of carbonyl (C=O) groups excluding carboxylic acids is 2. The van der Waals surface area contributed by atoms with Gasteiger partial charge in [0.1, 0.15) is 0 Å². The first-order valence-corrected chi connectivity index (χ1v) is 9.91. The Morgan fingerprint density at radius 3 is 2.44 bits per heavy atom. The third-order valence-electron chi connectivity index (χ3n) is 6.05. The molecule has 1 atom stereocenters. The highest BCUT2D eigenvalue weighted by molar-refractivity contribution is 5.83. The Bertz CT molecular complexity index is 482. The van der Waals surface area contributed by atoms with Crippen LogP contribution in [0.4, 0.5) is 4.79 Å². The summed E-state index contributed by atoms with van der Waals surface area (Å²) in [5, 5.41) is 3.02. The van der Waals surface area contributed by atoms with E-state index in [1.54, 1.807) is 0 Å². The molecule has 6 nitrogen and oxygen atoms in total. The van der Waals surface area contributed by atoms with E-state index in [-0.39, 0.29) is 23.3 Å². The van der Waals surface area contributed by atoms with Crippen LogP contribution in [0.15, 0.2) is 0 Å². The quantitative estimate of drug-likeness (QED) is 0.847. The van der Waals surface area contributed by atoms with Crippen LogP contribution < -0.4 is 5.32 Å². The molecule has 6 heteroatoms. The molecule has 25 heavy (non-hydrogen) atoms. The predicted octanol–water partition coefficient (Wildman–Crippen LogP) is 2.09. The number of urea groups is 1. The standard InChI is InChI=1S/C19H33N3O3/c1-15(2)12-20-18(24)22-13-16(17(23)21-8-4-3-5-9-21)19(14-22)6-10-25-11-7-19/h15-16H,3-14H2,1-2H3,(H,20,24)/t16-/m0/s1. The van der Waals surface area contributed by atoms with Crippen molar-refractivity contribution in [1.82, 2.24) is 15.1 Å². The largest absolute Gasteiger partial charge is 0.381 e. The Hall–Kier alpha value is -1.30. The summed E-state index contributed by atoms with van der Waals surface area (Å²) >= 11 is 0. The second-order valence-electron chi connectivity index (χ2n) is 8.37. The van der Waals surface area contributed by atoms with E-state index < -0.39 is 0 Å². The maximum absolute atomic E-state index is 13.2. The van der Waals surface area contributed by atoms with Gasteiger partial charge in [-0.15, -0.1) is 0 Å². The molecule has 142 valence electrons. The molecule has 3 fully saturated rings. The Morgan fingerprint density at radius 2 is 1.80 bits per heavy atom. The summed E-state index contributed by atoms with van der Waals surface area (Å²) in [6, 6.07) is -0.0199. The summed E-state index contributed by atoms with van der Waals surface area (Å²) in [5.41, 5.74) is -0.0953. The first kappa shape index (κ1) is 18.5. The van der Waals surface area contributed by atoms with Gasteiger partial charge in [0, 0.05) is 51.4 Å². The first-order valence-electron chi connectivity index (χ1n) is 9.91. The normalized spacial score (nSPS) is 26.3. The average Bonchev–Trinajstić information content (AvgIpc) is 2.99. The van der Waals surface area contributed by atoms with Gasteiger partial charge in [0.2, 0.25) is 5.91 Å². The number of nitrogens with zero attached hydrogens (tertiary/aromatic N) is 2. The summed E-state index contributed by atoms with van der Waals surface area (Å²) in [4.78, 5) is 29.7. The molecule has 1 N–H and O–H groups in total. The minimum absolute atomic E-state index is 0.0199. The third kappa shape index (κ3) is 4.10. The van der Waals surface area contributed by atoms with Gasteiger partial charge in [0.15, 0.2) is 0 Å². The molecular formula is C19H33N3O3. The molecule has 1 spiro atoms. The summed E-state index contributed by atoms with van der Waals surface area (Å²) in [5.74, 6) is 0.620. The highest BCUT2D eigenvalue weighted by Gasteiger charge is 2.52. The molecule has 0 bridgehead atoms. The average molecular weight is 351 g/mol. The van der Waals surface area contributed by atoms with Crippen LogP contribution in [0.2, 0.25) is 0 Å². The topological polar surface area (TPSA) is 61.9 Å². The summed E-state index contributed by atoms with van der Waals surface area (Å²) in [6.07, 6.45) is 5.19. The van der Waals surface area contributed by atoms with E-state index in [2.05, 4.69) is 19.2 Å². The zero-order valence-electron chi connectivity index (χ0n) is 15.8. The number of hydrogen-bond donors (Lipinski definition) is 1. The first-order chi connectivity index (χ1) is 12.0. The van der Waals surface area contributed by atoms with Crippen LogP contribution in [0.5, 0.6) is 0 Å². The van der Waals surface area contributed by atoms with Crippen molar-refractivity contribution in [2.24, 2.45) is 17.3 Å². The van der Waals surface area contributed by atoms with Crippen LogP contribution in [0, 0.1) is 17.3 Å². The molecule has 3 rings (SSSR count). The lowest BCUT2D eigenvalue weighted by atomic mass is 9.71. The van der Waals surface area contributed by atoms with E-state index in [0.29, 0.717) is 38.8 Å². The van der Waals surface area contributed by atoms with Crippen LogP contribution in [0.1, 0.15) is 46.0 Å². The molecule has 0 unspecified atom stereocenters. The monoisotopic (exact) mass is 351 g/mol. The smallest absolute Gasteiger partial charge is 0.317 e. The van der Waals surface area contributed by atoms with E-state index in [0.717, 1.165) is 38.8 Å². The van der Waals surface area contributed by atoms with Crippen molar-refractivity contribution < 1.29 is 14.3 Å². The van der Waals surface area contributed by atoms with Gasteiger partial charge in [0.05, 0.1) is 5.92 Å². The van der Waals surface area contributed by atoms with E-state index in [1.165, 1.54) is 6.42 Å². The van der Waals surface area contributed by atoms with Gasteiger partial charge in [-0.05, 0) is 38.0 Å². The van der Waals surface area contributed by atoms with Gasteiger partial charge in [-0.25, -0.2) is 4.79 Å². The van der Waals surface area contributed by atoms with Crippen molar-refractivity contribution in [3.63, 3.8) is 0 Å². The van der Waals surface area contributed by atoms with Crippen molar-refractivity contribution in [1.29, 1.82) is 0 Å². The van der Waals surface area contributed by atoms with Crippen LogP contribution >= 0.6 is 0 Å². The van der Waals surface area contributed by atoms with E-state index >= 15 is 0 Å². The van der Waals surface area contributed by atoms with Gasteiger partial charge >= 0.3 is 6.03 Å². The summed E-state index contributed by atoms with van der Waals surface area (Å²) in [7, 11) is 0. The van der Waals surface area contributed by atoms with Crippen LogP contribution in [-0.4, -0.2) is 67.7 Å². The molecule has 3 amide bonds. The Kier molecular flexibility index (Phi) is 5.87. The molecule has 0 saturated carbocycles. The minimum atomic E-state index is -0.0953. The van der Waals surface area contributed by atoms with E-state index in [1.807, 2.05) is 9.80 Å². The number of hydrogen-bond acceptors (Lipinski definition) is 3. The molecule has 3 heterocycles. The van der Waals surface area contributed by atoms with E-state index in [9.17, 15) is 9.59 Å². The highest BCUT2D eigenvalue weighted by Crippen LogP contribution is 2.45. The second kappa shape index (κ2) is 7.94. The Morgan fingerprint density at radius 1 is 1.12 bits per heavy atom. The van der Waals surface area contributed by atoms with Crippen molar-refractivity contribution in [3.05, 3.63) is 0 Å². The van der Waals surface area contributed by atoms with E-state index in [4.69, 9.17) is 4.74 Å².